The number of hydrogen-bond acceptors (Lipinski definition) is 9. The maximum atomic E-state index is 13.5. The van der Waals surface area contributed by atoms with E-state index in [9.17, 15) is 13.6 Å². The van der Waals surface area contributed by atoms with Crippen molar-refractivity contribution in [2.45, 2.75) is 47.1 Å². The maximum Gasteiger partial charge on any atom is 0.298 e. The third-order valence-corrected chi connectivity index (χ3v) is 5.96. The monoisotopic (exact) mass is 521 g/mol. The van der Waals surface area contributed by atoms with E-state index in [0.29, 0.717) is 16.5 Å². The van der Waals surface area contributed by atoms with Gasteiger partial charge in [0.25, 0.3) is 12.3 Å². The minimum atomic E-state index is -3.05. The molecule has 4 heterocycles. The van der Waals surface area contributed by atoms with Gasteiger partial charge in [0.15, 0.2) is 11.5 Å². The lowest BCUT2D eigenvalue weighted by Gasteiger charge is -2.21. The van der Waals surface area contributed by atoms with Crippen molar-refractivity contribution in [1.82, 2.24) is 24.8 Å². The molecule has 4 aromatic rings. The number of halogens is 2. The summed E-state index contributed by atoms with van der Waals surface area (Å²) >= 11 is 1.52. The summed E-state index contributed by atoms with van der Waals surface area (Å²) < 4.78 is 33.6. The largest absolute Gasteiger partial charge is 0.340 e. The number of rotatable bonds is 6. The summed E-state index contributed by atoms with van der Waals surface area (Å²) in [6.45, 7) is 9.28. The second-order valence-corrected chi connectivity index (χ2v) is 8.68. The lowest BCUT2D eigenvalue weighted by molar-refractivity contribution is 0.0932. The molecule has 5 N–H and O–H groups in total. The Kier molecular flexibility index (Phi) is 8.32. The molecule has 0 aliphatic carbocycles. The average Bonchev–Trinajstić information content (AvgIpc) is 3.59. The highest BCUT2D eigenvalue weighted by Crippen LogP contribution is 2.32. The predicted molar refractivity (Wildman–Crippen MR) is 136 cm³/mol. The first-order valence-electron chi connectivity index (χ1n) is 11.0. The molecule has 1 amide bonds. The van der Waals surface area contributed by atoms with Gasteiger partial charge in [0, 0.05) is 12.5 Å². The Hall–Kier alpha value is -3.91. The van der Waals surface area contributed by atoms with Gasteiger partial charge in [-0.3, -0.25) is 14.2 Å². The molecule has 0 unspecified atom stereocenters. The van der Waals surface area contributed by atoms with Crippen LogP contribution in [0.4, 0.5) is 14.5 Å². The van der Waals surface area contributed by atoms with E-state index in [0.717, 1.165) is 9.75 Å². The van der Waals surface area contributed by atoms with E-state index in [-0.39, 0.29) is 24.2 Å². The molecular weight excluding hydrogens is 492 g/mol. The van der Waals surface area contributed by atoms with Crippen LogP contribution in [-0.2, 0) is 0 Å². The van der Waals surface area contributed by atoms with E-state index in [2.05, 4.69) is 25.5 Å². The van der Waals surface area contributed by atoms with Crippen LogP contribution in [0.5, 0.6) is 0 Å². The number of hydrogen-bond donors (Lipinski definition) is 3. The molecule has 36 heavy (non-hydrogen) atoms. The number of hydrazine groups is 1. The van der Waals surface area contributed by atoms with E-state index in [1.807, 2.05) is 32.9 Å². The third kappa shape index (κ3) is 5.33. The van der Waals surface area contributed by atoms with Gasteiger partial charge in [0.2, 0.25) is 11.7 Å². The number of carbonyl (C=O) groups is 1. The van der Waals surface area contributed by atoms with Crippen molar-refractivity contribution < 1.29 is 19.5 Å². The summed E-state index contributed by atoms with van der Waals surface area (Å²) in [5.41, 5.74) is 1.03. The summed E-state index contributed by atoms with van der Waals surface area (Å²) in [6.07, 6.45) is 0.0699. The van der Waals surface area contributed by atoms with Crippen molar-refractivity contribution in [3.8, 4) is 10.6 Å². The Morgan fingerprint density at radius 1 is 1.33 bits per heavy atom. The molecule has 0 aliphatic rings. The zero-order valence-corrected chi connectivity index (χ0v) is 21.2. The highest BCUT2D eigenvalue weighted by molar-refractivity contribution is 7.15. The summed E-state index contributed by atoms with van der Waals surface area (Å²) in [5.74, 6) is 10.3. The number of fused-ring (bicyclic) bond motifs is 1. The van der Waals surface area contributed by atoms with Crippen molar-refractivity contribution >= 4 is 34.4 Å². The van der Waals surface area contributed by atoms with Crippen molar-refractivity contribution in [2.24, 2.45) is 16.8 Å². The van der Waals surface area contributed by atoms with Crippen molar-refractivity contribution in [3.63, 3.8) is 0 Å². The van der Waals surface area contributed by atoms with Gasteiger partial charge in [0.1, 0.15) is 11.7 Å². The number of pyridine rings is 1. The summed E-state index contributed by atoms with van der Waals surface area (Å²) in [5, 5.41) is 10.2. The van der Waals surface area contributed by atoms with Gasteiger partial charge in [-0.05, 0) is 39.0 Å². The van der Waals surface area contributed by atoms with Crippen molar-refractivity contribution in [3.05, 3.63) is 52.7 Å². The van der Waals surface area contributed by atoms with Crippen LogP contribution < -0.4 is 22.0 Å². The van der Waals surface area contributed by atoms with Gasteiger partial charge in [-0.1, -0.05) is 19.0 Å². The number of nitrogens with one attached hydrogen (secondary N) is 1. The van der Waals surface area contributed by atoms with Gasteiger partial charge in [-0.25, -0.2) is 19.6 Å². The smallest absolute Gasteiger partial charge is 0.298 e. The zero-order chi connectivity index (χ0) is 26.6. The van der Waals surface area contributed by atoms with Crippen molar-refractivity contribution in [2.75, 3.05) is 5.01 Å². The number of thiophene rings is 1. The molecular formula is C22H29F2N9O2S. The summed E-state index contributed by atoms with van der Waals surface area (Å²) in [7, 11) is 0. The minimum Gasteiger partial charge on any atom is -0.340 e. The average molecular weight is 522 g/mol. The first-order valence-corrected chi connectivity index (χ1v) is 11.8. The normalized spacial score (nSPS) is 12.4. The maximum absolute atomic E-state index is 13.5. The van der Waals surface area contributed by atoms with E-state index in [1.165, 1.54) is 17.4 Å². The number of hydrazone groups is 1. The topological polar surface area (TPSA) is 153 Å². The molecule has 0 bridgehead atoms. The molecule has 0 aliphatic heterocycles. The fraction of sp³-hybridized carbons (Fsp3) is 0.318. The highest BCUT2D eigenvalue weighted by Gasteiger charge is 2.26. The SMILES string of the molecule is CC.Cc1noc([C@@H](C)NC(=O)c2cc(N(N)/C(=N\N)C(F)F)c3ncc(-c4ccc(C)s4)n3c2)n1.[HH]. The second kappa shape index (κ2) is 11.2. The van der Waals surface area contributed by atoms with Crippen LogP contribution in [0.25, 0.3) is 16.2 Å². The fourth-order valence-electron chi connectivity index (χ4n) is 3.30. The molecule has 0 saturated carbocycles. The van der Waals surface area contributed by atoms with Gasteiger partial charge >= 0.3 is 0 Å². The number of aromatic nitrogens is 4. The number of anilines is 1. The predicted octanol–water partition coefficient (Wildman–Crippen LogP) is 4.04. The van der Waals surface area contributed by atoms with Crippen LogP contribution >= 0.6 is 11.3 Å². The van der Waals surface area contributed by atoms with Gasteiger partial charge < -0.3 is 15.7 Å². The molecule has 14 heteroatoms. The Labute approximate surface area is 211 Å². The van der Waals surface area contributed by atoms with E-state index >= 15 is 0 Å². The van der Waals surface area contributed by atoms with Gasteiger partial charge in [-0.15, -0.1) is 11.3 Å². The molecule has 4 rings (SSSR count). The lowest BCUT2D eigenvalue weighted by Crippen LogP contribution is -2.43. The van der Waals surface area contributed by atoms with Crippen LogP contribution in [-0.4, -0.2) is 37.7 Å². The van der Waals surface area contributed by atoms with Crippen LogP contribution in [0.1, 0.15) is 55.2 Å². The first kappa shape index (κ1) is 26.7. The molecule has 194 valence electrons. The Morgan fingerprint density at radius 3 is 2.61 bits per heavy atom. The van der Waals surface area contributed by atoms with Crippen LogP contribution in [0.2, 0.25) is 0 Å². The van der Waals surface area contributed by atoms with Gasteiger partial charge in [-0.2, -0.15) is 10.1 Å². The number of nitrogens with zero attached hydrogens (tertiary/aromatic N) is 6. The van der Waals surface area contributed by atoms with Crippen molar-refractivity contribution in [1.29, 1.82) is 0 Å². The standard InChI is InChI=1S/C20H21F2N9O2S.C2H6.H2/c1-9-4-5-15(34-9)14-7-25-17-13(31(24)18(28-23)16(21)22)6-12(8-30(14)17)19(32)26-10(2)20-27-11(3)29-33-20;1-2;/h4-8,10,16H,23-24H2,1-3H3,(H,26,32);1-2H3;1H/b28-18-;;/t10-;;/m1../s1. The Morgan fingerprint density at radius 2 is 2.06 bits per heavy atom. The summed E-state index contributed by atoms with van der Waals surface area (Å²) in [4.78, 5) is 23.5. The number of amidine groups is 1. The number of imidazole rings is 1. The molecule has 0 fully saturated rings. The van der Waals surface area contributed by atoms with Gasteiger partial charge in [0.05, 0.1) is 22.3 Å². The second-order valence-electron chi connectivity index (χ2n) is 7.39. The fourth-order valence-corrected chi connectivity index (χ4v) is 4.18. The minimum absolute atomic E-state index is 0. The van der Waals surface area contributed by atoms with Crippen LogP contribution in [0.3, 0.4) is 0 Å². The Balaban J connectivity index is 0.00000157. The van der Waals surface area contributed by atoms with E-state index in [1.54, 1.807) is 30.6 Å². The molecule has 11 nitrogen and oxygen atoms in total. The number of alkyl halides is 2. The Bertz CT molecular complexity index is 1390. The number of amides is 1. The molecule has 0 radical (unpaired) electrons. The quantitative estimate of drug-likeness (QED) is 0.149. The van der Waals surface area contributed by atoms with E-state index in [4.69, 9.17) is 16.2 Å². The number of carbonyl (C=O) groups excluding carboxylic acids is 1. The molecule has 1 atom stereocenters. The third-order valence-electron chi connectivity index (χ3n) is 4.94. The molecule has 0 saturated heterocycles. The first-order chi connectivity index (χ1) is 17.2. The number of nitrogens with two attached hydrogens (primary N) is 2. The lowest BCUT2D eigenvalue weighted by atomic mass is 10.2. The summed E-state index contributed by atoms with van der Waals surface area (Å²) in [6, 6.07) is 4.57. The molecule has 4 aromatic heterocycles. The van der Waals surface area contributed by atoms with Crippen LogP contribution in [0, 0.1) is 13.8 Å². The molecule has 0 aromatic carbocycles. The highest BCUT2D eigenvalue weighted by atomic mass is 32.1. The molecule has 0 spiro atoms. The number of aryl methyl sites for hydroxylation is 2. The zero-order valence-electron chi connectivity index (χ0n) is 20.4. The van der Waals surface area contributed by atoms with Crippen LogP contribution in [0.15, 0.2) is 40.2 Å². The van der Waals surface area contributed by atoms with E-state index < -0.39 is 24.2 Å².